The van der Waals surface area contributed by atoms with Crippen molar-refractivity contribution in [3.8, 4) is 5.75 Å². The predicted molar refractivity (Wildman–Crippen MR) is 50.1 cm³/mol. The quantitative estimate of drug-likeness (QED) is 0.648. The molecule has 0 amide bonds. The molecule has 1 aromatic rings. The van der Waals surface area contributed by atoms with Gasteiger partial charge in [-0.2, -0.15) is 8.78 Å². The maximum absolute atomic E-state index is 12.4. The highest BCUT2D eigenvalue weighted by Gasteiger charge is 2.27. The molecule has 5 heteroatoms. The van der Waals surface area contributed by atoms with Gasteiger partial charge in [-0.1, -0.05) is 0 Å². The van der Waals surface area contributed by atoms with Crippen molar-refractivity contribution in [1.29, 1.82) is 0 Å². The molecule has 13 heavy (non-hydrogen) atoms. The van der Waals surface area contributed by atoms with Crippen LogP contribution in [0.15, 0.2) is 18.2 Å². The van der Waals surface area contributed by atoms with Crippen molar-refractivity contribution in [1.82, 2.24) is 0 Å². The van der Waals surface area contributed by atoms with Crippen LogP contribution < -0.4 is 10.5 Å². The normalized spacial score (nSPS) is 11.4. The van der Waals surface area contributed by atoms with Crippen LogP contribution in [0.2, 0.25) is 0 Å². The first-order valence-electron chi connectivity index (χ1n) is 3.50. The Kier molecular flexibility index (Phi) is 2.75. The molecule has 0 bridgehead atoms. The SMILES string of the molecule is Cc1cc(N)ccc1OC(F)(F)Br. The molecule has 2 N–H and O–H groups in total. The molecule has 1 aromatic carbocycles. The van der Waals surface area contributed by atoms with Crippen LogP contribution >= 0.6 is 15.9 Å². The Balaban J connectivity index is 2.90. The Morgan fingerprint density at radius 2 is 2.08 bits per heavy atom. The lowest BCUT2D eigenvalue weighted by Gasteiger charge is -2.13. The lowest BCUT2D eigenvalue weighted by atomic mass is 10.2. The largest absolute Gasteiger partial charge is 0.459 e. The number of hydrogen-bond donors (Lipinski definition) is 1. The first kappa shape index (κ1) is 10.2. The second kappa shape index (κ2) is 3.49. The highest BCUT2D eigenvalue weighted by atomic mass is 79.9. The summed E-state index contributed by atoms with van der Waals surface area (Å²) in [7, 11) is 0. The van der Waals surface area contributed by atoms with E-state index in [9.17, 15) is 8.78 Å². The number of halogens is 3. The zero-order chi connectivity index (χ0) is 10.1. The van der Waals surface area contributed by atoms with Gasteiger partial charge in [0.05, 0.1) is 0 Å². The van der Waals surface area contributed by atoms with Gasteiger partial charge in [0.25, 0.3) is 0 Å². The van der Waals surface area contributed by atoms with E-state index in [1.807, 2.05) is 0 Å². The average Bonchev–Trinajstić information content (AvgIpc) is 1.93. The number of benzene rings is 1. The van der Waals surface area contributed by atoms with E-state index in [-0.39, 0.29) is 5.75 Å². The monoisotopic (exact) mass is 251 g/mol. The van der Waals surface area contributed by atoms with Crippen LogP contribution in [0.1, 0.15) is 5.56 Å². The lowest BCUT2D eigenvalue weighted by Crippen LogP contribution is -2.15. The van der Waals surface area contributed by atoms with Crippen LogP contribution in [0, 0.1) is 6.92 Å². The molecular weight excluding hydrogens is 244 g/mol. The van der Waals surface area contributed by atoms with Gasteiger partial charge in [0, 0.05) is 21.6 Å². The fourth-order valence-corrected chi connectivity index (χ4v) is 1.09. The van der Waals surface area contributed by atoms with Crippen molar-refractivity contribution < 1.29 is 13.5 Å². The fraction of sp³-hybridized carbons (Fsp3) is 0.250. The highest BCUT2D eigenvalue weighted by Crippen LogP contribution is 2.29. The summed E-state index contributed by atoms with van der Waals surface area (Å²) in [5.41, 5.74) is 6.52. The number of rotatable bonds is 2. The molecule has 0 aliphatic heterocycles. The van der Waals surface area contributed by atoms with Crippen molar-refractivity contribution in [2.75, 3.05) is 5.73 Å². The van der Waals surface area contributed by atoms with E-state index in [1.165, 1.54) is 12.1 Å². The fourth-order valence-electron chi connectivity index (χ4n) is 0.912. The Morgan fingerprint density at radius 1 is 1.46 bits per heavy atom. The second-order valence-electron chi connectivity index (χ2n) is 2.57. The van der Waals surface area contributed by atoms with Crippen LogP contribution in [-0.2, 0) is 0 Å². The summed E-state index contributed by atoms with van der Waals surface area (Å²) >= 11 is 2.08. The van der Waals surface area contributed by atoms with Crippen LogP contribution in [0.4, 0.5) is 14.5 Å². The maximum atomic E-state index is 12.4. The first-order chi connectivity index (χ1) is 5.88. The molecule has 0 fully saturated rings. The van der Waals surface area contributed by atoms with E-state index in [0.717, 1.165) is 0 Å². The van der Waals surface area contributed by atoms with Crippen LogP contribution in [0.3, 0.4) is 0 Å². The van der Waals surface area contributed by atoms with Gasteiger partial charge >= 0.3 is 5.02 Å². The Bertz CT molecular complexity index is 312. The minimum Gasteiger partial charge on any atom is -0.424 e. The molecule has 0 saturated heterocycles. The maximum Gasteiger partial charge on any atom is 0.459 e. The van der Waals surface area contributed by atoms with Gasteiger partial charge < -0.3 is 10.5 Å². The van der Waals surface area contributed by atoms with Gasteiger partial charge in [0.1, 0.15) is 5.75 Å². The van der Waals surface area contributed by atoms with Crippen molar-refractivity contribution in [2.24, 2.45) is 0 Å². The van der Waals surface area contributed by atoms with Crippen LogP contribution in [-0.4, -0.2) is 5.02 Å². The smallest absolute Gasteiger partial charge is 0.424 e. The number of nitrogen functional groups attached to an aromatic ring is 1. The third kappa shape index (κ3) is 3.18. The molecule has 1 rings (SSSR count). The third-order valence-corrected chi connectivity index (χ3v) is 1.59. The third-order valence-electron chi connectivity index (χ3n) is 1.42. The summed E-state index contributed by atoms with van der Waals surface area (Å²) < 4.78 is 29.0. The van der Waals surface area contributed by atoms with E-state index < -0.39 is 5.02 Å². The van der Waals surface area contributed by atoms with Gasteiger partial charge in [-0.25, -0.2) is 0 Å². The van der Waals surface area contributed by atoms with Gasteiger partial charge in [-0.05, 0) is 30.7 Å². The number of anilines is 1. The topological polar surface area (TPSA) is 35.2 Å². The Hall–Kier alpha value is -0.840. The molecule has 0 heterocycles. The van der Waals surface area contributed by atoms with Crippen molar-refractivity contribution in [3.63, 3.8) is 0 Å². The molecule has 0 aliphatic rings. The molecule has 0 aromatic heterocycles. The summed E-state index contributed by atoms with van der Waals surface area (Å²) in [4.78, 5) is 0. The summed E-state index contributed by atoms with van der Waals surface area (Å²) in [6.07, 6.45) is 0. The summed E-state index contributed by atoms with van der Waals surface area (Å²) in [5.74, 6) is 0.107. The van der Waals surface area contributed by atoms with E-state index in [1.54, 1.807) is 13.0 Å². The van der Waals surface area contributed by atoms with Crippen molar-refractivity contribution >= 4 is 21.6 Å². The van der Waals surface area contributed by atoms with Gasteiger partial charge in [-0.15, -0.1) is 0 Å². The Labute approximate surface area is 82.8 Å². The minimum atomic E-state index is -3.34. The number of nitrogens with two attached hydrogens (primary N) is 1. The molecule has 0 unspecified atom stereocenters. The molecular formula is C8H8BrF2NO. The average molecular weight is 252 g/mol. The van der Waals surface area contributed by atoms with E-state index in [4.69, 9.17) is 5.73 Å². The van der Waals surface area contributed by atoms with E-state index >= 15 is 0 Å². The summed E-state index contributed by atoms with van der Waals surface area (Å²) in [5, 5.41) is -3.34. The molecule has 72 valence electrons. The first-order valence-corrected chi connectivity index (χ1v) is 4.29. The zero-order valence-electron chi connectivity index (χ0n) is 6.85. The van der Waals surface area contributed by atoms with E-state index in [2.05, 4.69) is 20.7 Å². The van der Waals surface area contributed by atoms with Crippen molar-refractivity contribution in [3.05, 3.63) is 23.8 Å². The Morgan fingerprint density at radius 3 is 2.54 bits per heavy atom. The van der Waals surface area contributed by atoms with Gasteiger partial charge in [0.2, 0.25) is 0 Å². The second-order valence-corrected chi connectivity index (χ2v) is 3.50. The zero-order valence-corrected chi connectivity index (χ0v) is 8.44. The summed E-state index contributed by atoms with van der Waals surface area (Å²) in [6.45, 7) is 1.64. The number of aryl methyl sites for hydroxylation is 1. The molecule has 0 atom stereocenters. The molecule has 0 saturated carbocycles. The van der Waals surface area contributed by atoms with Gasteiger partial charge in [0.15, 0.2) is 0 Å². The minimum absolute atomic E-state index is 0.107. The number of hydrogen-bond acceptors (Lipinski definition) is 2. The van der Waals surface area contributed by atoms with Crippen LogP contribution in [0.5, 0.6) is 5.75 Å². The number of ether oxygens (including phenoxy) is 1. The molecule has 0 radical (unpaired) electrons. The number of alkyl halides is 3. The highest BCUT2D eigenvalue weighted by molar-refractivity contribution is 9.09. The lowest BCUT2D eigenvalue weighted by molar-refractivity contribution is -0.0806. The standard InChI is InChI=1S/C8H8BrF2NO/c1-5-4-6(12)2-3-7(5)13-8(9,10)11/h2-4H,12H2,1H3. The summed E-state index contributed by atoms with van der Waals surface area (Å²) in [6, 6.07) is 4.47. The van der Waals surface area contributed by atoms with E-state index in [0.29, 0.717) is 11.3 Å². The predicted octanol–water partition coefficient (Wildman–Crippen LogP) is 2.90. The molecule has 0 aliphatic carbocycles. The molecule has 2 nitrogen and oxygen atoms in total. The van der Waals surface area contributed by atoms with Gasteiger partial charge in [-0.3, -0.25) is 0 Å². The molecule has 0 spiro atoms. The van der Waals surface area contributed by atoms with Crippen molar-refractivity contribution in [2.45, 2.75) is 11.9 Å². The van der Waals surface area contributed by atoms with Crippen LogP contribution in [0.25, 0.3) is 0 Å².